The Kier molecular flexibility index (Phi) is 5.80. The molecule has 120 valence electrons. The highest BCUT2D eigenvalue weighted by Crippen LogP contribution is 2.15. The molecule has 0 aliphatic heterocycles. The van der Waals surface area contributed by atoms with Crippen LogP contribution in [0, 0.1) is 0 Å². The van der Waals surface area contributed by atoms with Crippen molar-refractivity contribution in [3.05, 3.63) is 65.7 Å². The Hall–Kier alpha value is -2.75. The van der Waals surface area contributed by atoms with Crippen LogP contribution in [0.1, 0.15) is 11.1 Å². The fourth-order valence-corrected chi connectivity index (χ4v) is 2.12. The first kappa shape index (κ1) is 16.6. The molecule has 0 heterocycles. The van der Waals surface area contributed by atoms with Gasteiger partial charge in [-0.15, -0.1) is 0 Å². The zero-order valence-electron chi connectivity index (χ0n) is 13.7. The zero-order valence-corrected chi connectivity index (χ0v) is 13.7. The minimum atomic E-state index is -0.0522. The van der Waals surface area contributed by atoms with Gasteiger partial charge in [-0.1, -0.05) is 24.3 Å². The summed E-state index contributed by atoms with van der Waals surface area (Å²) in [5, 5.41) is 0. The van der Waals surface area contributed by atoms with Gasteiger partial charge in [0.1, 0.15) is 11.5 Å². The standard InChI is InChI=1S/C19H21NO3/c1-20(14-16-7-10-17(22-2)11-8-16)19(21)12-9-15-5-4-6-18(13-15)23-3/h4-13H,14H2,1-3H3/b12-9+. The van der Waals surface area contributed by atoms with Crippen molar-refractivity contribution >= 4 is 12.0 Å². The number of methoxy groups -OCH3 is 2. The summed E-state index contributed by atoms with van der Waals surface area (Å²) >= 11 is 0. The van der Waals surface area contributed by atoms with Gasteiger partial charge >= 0.3 is 0 Å². The van der Waals surface area contributed by atoms with Crippen molar-refractivity contribution in [2.75, 3.05) is 21.3 Å². The van der Waals surface area contributed by atoms with Gasteiger partial charge in [0, 0.05) is 19.7 Å². The number of ether oxygens (including phenoxy) is 2. The average Bonchev–Trinajstić information content (AvgIpc) is 2.60. The Morgan fingerprint density at radius 1 is 1.04 bits per heavy atom. The maximum Gasteiger partial charge on any atom is 0.246 e. The van der Waals surface area contributed by atoms with Gasteiger partial charge in [0.15, 0.2) is 0 Å². The molecular weight excluding hydrogens is 290 g/mol. The number of likely N-dealkylation sites (N-methyl/N-ethyl adjacent to an activating group) is 1. The molecular formula is C19H21NO3. The maximum atomic E-state index is 12.2. The third-order valence-corrected chi connectivity index (χ3v) is 3.47. The molecule has 1 amide bonds. The Bertz CT molecular complexity index is 677. The molecule has 0 aliphatic carbocycles. The number of hydrogen-bond donors (Lipinski definition) is 0. The van der Waals surface area contributed by atoms with Crippen molar-refractivity contribution in [2.45, 2.75) is 6.54 Å². The lowest BCUT2D eigenvalue weighted by atomic mass is 10.2. The summed E-state index contributed by atoms with van der Waals surface area (Å²) < 4.78 is 10.3. The molecule has 0 spiro atoms. The highest BCUT2D eigenvalue weighted by molar-refractivity contribution is 5.91. The van der Waals surface area contributed by atoms with E-state index in [4.69, 9.17) is 9.47 Å². The first-order valence-electron chi connectivity index (χ1n) is 7.32. The van der Waals surface area contributed by atoms with Crippen LogP contribution < -0.4 is 9.47 Å². The quantitative estimate of drug-likeness (QED) is 0.768. The molecule has 4 nitrogen and oxygen atoms in total. The van der Waals surface area contributed by atoms with Crippen LogP contribution >= 0.6 is 0 Å². The van der Waals surface area contributed by atoms with Crippen LogP contribution in [0.3, 0.4) is 0 Å². The fourth-order valence-electron chi connectivity index (χ4n) is 2.12. The van der Waals surface area contributed by atoms with Gasteiger partial charge in [0.2, 0.25) is 5.91 Å². The third-order valence-electron chi connectivity index (χ3n) is 3.47. The highest BCUT2D eigenvalue weighted by Gasteiger charge is 2.06. The number of carbonyl (C=O) groups excluding carboxylic acids is 1. The molecule has 2 aromatic rings. The highest BCUT2D eigenvalue weighted by atomic mass is 16.5. The normalized spacial score (nSPS) is 10.6. The molecule has 0 radical (unpaired) electrons. The largest absolute Gasteiger partial charge is 0.497 e. The van der Waals surface area contributed by atoms with E-state index in [0.717, 1.165) is 22.6 Å². The molecule has 0 N–H and O–H groups in total. The van der Waals surface area contributed by atoms with Gasteiger partial charge in [-0.05, 0) is 41.5 Å². The van der Waals surface area contributed by atoms with Gasteiger partial charge in [-0.2, -0.15) is 0 Å². The van der Waals surface area contributed by atoms with Crippen molar-refractivity contribution in [1.82, 2.24) is 4.90 Å². The minimum Gasteiger partial charge on any atom is -0.497 e. The molecule has 0 bridgehead atoms. The molecule has 0 atom stereocenters. The second-order valence-electron chi connectivity index (χ2n) is 5.15. The minimum absolute atomic E-state index is 0.0522. The van der Waals surface area contributed by atoms with E-state index in [1.165, 1.54) is 0 Å². The van der Waals surface area contributed by atoms with Crippen LogP contribution in [0.2, 0.25) is 0 Å². The molecule has 0 saturated heterocycles. The topological polar surface area (TPSA) is 38.8 Å². The number of rotatable bonds is 6. The van der Waals surface area contributed by atoms with Gasteiger partial charge in [0.25, 0.3) is 0 Å². The van der Waals surface area contributed by atoms with Crippen LogP contribution in [-0.4, -0.2) is 32.1 Å². The summed E-state index contributed by atoms with van der Waals surface area (Å²) in [6.45, 7) is 0.547. The maximum absolute atomic E-state index is 12.2. The van der Waals surface area contributed by atoms with Crippen LogP contribution in [0.15, 0.2) is 54.6 Å². The summed E-state index contributed by atoms with van der Waals surface area (Å²) in [7, 11) is 5.03. The Morgan fingerprint density at radius 3 is 2.39 bits per heavy atom. The van der Waals surface area contributed by atoms with E-state index in [0.29, 0.717) is 6.54 Å². The number of carbonyl (C=O) groups is 1. The molecule has 2 aromatic carbocycles. The lowest BCUT2D eigenvalue weighted by Gasteiger charge is -2.15. The van der Waals surface area contributed by atoms with Crippen molar-refractivity contribution < 1.29 is 14.3 Å². The molecule has 23 heavy (non-hydrogen) atoms. The van der Waals surface area contributed by atoms with Crippen LogP contribution in [-0.2, 0) is 11.3 Å². The summed E-state index contributed by atoms with van der Waals surface area (Å²) in [6.07, 6.45) is 3.35. The first-order chi connectivity index (χ1) is 11.1. The summed E-state index contributed by atoms with van der Waals surface area (Å²) in [5.41, 5.74) is 1.98. The monoisotopic (exact) mass is 311 g/mol. The SMILES string of the molecule is COc1ccc(CN(C)C(=O)/C=C/c2cccc(OC)c2)cc1. The Labute approximate surface area is 137 Å². The average molecular weight is 311 g/mol. The van der Waals surface area contributed by atoms with Crippen LogP contribution in [0.25, 0.3) is 6.08 Å². The van der Waals surface area contributed by atoms with E-state index in [1.54, 1.807) is 38.3 Å². The second kappa shape index (κ2) is 8.03. The van der Waals surface area contributed by atoms with Crippen molar-refractivity contribution in [3.63, 3.8) is 0 Å². The van der Waals surface area contributed by atoms with Gasteiger partial charge in [-0.3, -0.25) is 4.79 Å². The van der Waals surface area contributed by atoms with E-state index < -0.39 is 0 Å². The molecule has 0 fully saturated rings. The molecule has 0 aliphatic rings. The summed E-state index contributed by atoms with van der Waals surface area (Å²) in [5.74, 6) is 1.52. The summed E-state index contributed by atoms with van der Waals surface area (Å²) in [4.78, 5) is 13.8. The molecule has 0 aromatic heterocycles. The van der Waals surface area contributed by atoms with Crippen molar-refractivity contribution in [2.24, 2.45) is 0 Å². The van der Waals surface area contributed by atoms with E-state index in [-0.39, 0.29) is 5.91 Å². The van der Waals surface area contributed by atoms with Gasteiger partial charge < -0.3 is 14.4 Å². The molecule has 2 rings (SSSR count). The third kappa shape index (κ3) is 4.88. The van der Waals surface area contributed by atoms with E-state index >= 15 is 0 Å². The van der Waals surface area contributed by atoms with Crippen molar-refractivity contribution in [3.8, 4) is 11.5 Å². The van der Waals surface area contributed by atoms with Crippen LogP contribution in [0.4, 0.5) is 0 Å². The van der Waals surface area contributed by atoms with E-state index in [9.17, 15) is 4.79 Å². The second-order valence-corrected chi connectivity index (χ2v) is 5.15. The zero-order chi connectivity index (χ0) is 16.7. The van der Waals surface area contributed by atoms with E-state index in [1.807, 2.05) is 48.5 Å². The lowest BCUT2D eigenvalue weighted by Crippen LogP contribution is -2.24. The number of benzene rings is 2. The predicted molar refractivity (Wildman–Crippen MR) is 91.5 cm³/mol. The predicted octanol–water partition coefficient (Wildman–Crippen LogP) is 3.38. The lowest BCUT2D eigenvalue weighted by molar-refractivity contribution is -0.125. The smallest absolute Gasteiger partial charge is 0.246 e. The number of nitrogens with zero attached hydrogens (tertiary/aromatic N) is 1. The van der Waals surface area contributed by atoms with Crippen LogP contribution in [0.5, 0.6) is 11.5 Å². The Balaban J connectivity index is 1.97. The van der Waals surface area contributed by atoms with Gasteiger partial charge in [-0.25, -0.2) is 0 Å². The summed E-state index contributed by atoms with van der Waals surface area (Å²) in [6, 6.07) is 15.3. The Morgan fingerprint density at radius 2 is 1.74 bits per heavy atom. The van der Waals surface area contributed by atoms with Crippen molar-refractivity contribution in [1.29, 1.82) is 0 Å². The molecule has 4 heteroatoms. The van der Waals surface area contributed by atoms with E-state index in [2.05, 4.69) is 0 Å². The number of hydrogen-bond acceptors (Lipinski definition) is 3. The number of amides is 1. The fraction of sp³-hybridized carbons (Fsp3) is 0.211. The molecule has 0 unspecified atom stereocenters. The molecule has 0 saturated carbocycles. The first-order valence-corrected chi connectivity index (χ1v) is 7.32. The van der Waals surface area contributed by atoms with Gasteiger partial charge in [0.05, 0.1) is 14.2 Å².